The van der Waals surface area contributed by atoms with Gasteiger partial charge in [-0.15, -0.1) is 0 Å². The highest BCUT2D eigenvalue weighted by molar-refractivity contribution is 9.25. The maximum Gasteiger partial charge on any atom is 0.250 e. The van der Waals surface area contributed by atoms with Gasteiger partial charge in [-0.2, -0.15) is 0 Å². The molecule has 0 saturated carbocycles. The molecule has 0 amide bonds. The van der Waals surface area contributed by atoms with E-state index in [9.17, 15) is 9.50 Å². The molecule has 1 aromatic heterocycles. The standard InChI is InChI=1S/C7H6Br2FNO/c8-7(9,10)6(12)5-3-1-2-4-11-5/h1-4,6,12H. The number of nitrogens with zero attached hydrogens (tertiary/aromatic N) is 1. The fourth-order valence-electron chi connectivity index (χ4n) is 0.705. The lowest BCUT2D eigenvalue weighted by atomic mass is 10.2. The van der Waals surface area contributed by atoms with E-state index in [0.717, 1.165) is 0 Å². The van der Waals surface area contributed by atoms with Crippen LogP contribution in [0.4, 0.5) is 4.39 Å². The van der Waals surface area contributed by atoms with Crippen LogP contribution in [0.1, 0.15) is 11.8 Å². The number of halogens is 3. The Labute approximate surface area is 86.1 Å². The number of aliphatic hydroxyl groups is 1. The summed E-state index contributed by atoms with van der Waals surface area (Å²) in [6.45, 7) is 0. The lowest BCUT2D eigenvalue weighted by molar-refractivity contribution is 0.110. The fraction of sp³-hybridized carbons (Fsp3) is 0.286. The van der Waals surface area contributed by atoms with Crippen LogP contribution in [0.25, 0.3) is 0 Å². The largest absolute Gasteiger partial charge is 0.382 e. The quantitative estimate of drug-likeness (QED) is 0.851. The molecule has 5 heteroatoms. The maximum absolute atomic E-state index is 13.0. The minimum absolute atomic E-state index is 0.272. The van der Waals surface area contributed by atoms with E-state index in [2.05, 4.69) is 36.8 Å². The summed E-state index contributed by atoms with van der Waals surface area (Å²) < 4.78 is 11.0. The number of aliphatic hydroxyl groups excluding tert-OH is 1. The van der Waals surface area contributed by atoms with Gasteiger partial charge in [0.2, 0.25) is 3.49 Å². The Kier molecular flexibility index (Phi) is 3.20. The number of hydrogen-bond acceptors (Lipinski definition) is 2. The van der Waals surface area contributed by atoms with E-state index >= 15 is 0 Å². The lowest BCUT2D eigenvalue weighted by Crippen LogP contribution is -2.17. The zero-order valence-electron chi connectivity index (χ0n) is 5.92. The number of pyridine rings is 1. The van der Waals surface area contributed by atoms with Crippen molar-refractivity contribution < 1.29 is 9.50 Å². The van der Waals surface area contributed by atoms with Crippen LogP contribution in [0.3, 0.4) is 0 Å². The van der Waals surface area contributed by atoms with E-state index in [1.165, 1.54) is 6.20 Å². The molecule has 0 spiro atoms. The second-order valence-electron chi connectivity index (χ2n) is 2.20. The van der Waals surface area contributed by atoms with Crippen molar-refractivity contribution in [3.63, 3.8) is 0 Å². The molecule has 0 aromatic carbocycles. The molecule has 0 radical (unpaired) electrons. The summed E-state index contributed by atoms with van der Waals surface area (Å²) in [7, 11) is 0. The second-order valence-corrected chi connectivity index (χ2v) is 5.57. The van der Waals surface area contributed by atoms with Gasteiger partial charge in [-0.25, -0.2) is 4.39 Å². The predicted octanol–water partition coefficient (Wildman–Crippen LogP) is 2.53. The molecule has 0 aliphatic carbocycles. The average molecular weight is 299 g/mol. The van der Waals surface area contributed by atoms with E-state index in [0.29, 0.717) is 0 Å². The molecule has 1 heterocycles. The molecule has 0 fully saturated rings. The topological polar surface area (TPSA) is 33.1 Å². The Morgan fingerprint density at radius 2 is 2.17 bits per heavy atom. The molecule has 1 N–H and O–H groups in total. The second kappa shape index (κ2) is 3.81. The Morgan fingerprint density at radius 1 is 1.50 bits per heavy atom. The van der Waals surface area contributed by atoms with Crippen LogP contribution in [-0.4, -0.2) is 13.6 Å². The van der Waals surface area contributed by atoms with Gasteiger partial charge >= 0.3 is 0 Å². The van der Waals surface area contributed by atoms with E-state index in [1.54, 1.807) is 18.2 Å². The van der Waals surface area contributed by atoms with Crippen molar-refractivity contribution in [3.05, 3.63) is 30.1 Å². The van der Waals surface area contributed by atoms with Crippen LogP contribution < -0.4 is 0 Å². The lowest BCUT2D eigenvalue weighted by Gasteiger charge is -2.16. The maximum atomic E-state index is 13.0. The summed E-state index contributed by atoms with van der Waals surface area (Å²) in [6, 6.07) is 4.91. The normalized spacial score (nSPS) is 14.3. The molecule has 0 saturated heterocycles. The van der Waals surface area contributed by atoms with E-state index in [-0.39, 0.29) is 5.69 Å². The first-order chi connectivity index (χ1) is 5.52. The van der Waals surface area contributed by atoms with Crippen molar-refractivity contribution in [1.29, 1.82) is 0 Å². The molecule has 2 nitrogen and oxygen atoms in total. The highest BCUT2D eigenvalue weighted by atomic mass is 79.9. The van der Waals surface area contributed by atoms with Gasteiger partial charge in [0.25, 0.3) is 0 Å². The molecular formula is C7H6Br2FNO. The van der Waals surface area contributed by atoms with Crippen LogP contribution in [0.15, 0.2) is 24.4 Å². The number of hydrogen-bond donors (Lipinski definition) is 1. The van der Waals surface area contributed by atoms with Crippen molar-refractivity contribution in [3.8, 4) is 0 Å². The van der Waals surface area contributed by atoms with Crippen molar-refractivity contribution in [2.45, 2.75) is 9.59 Å². The summed E-state index contributed by atoms with van der Waals surface area (Å²) >= 11 is 5.28. The monoisotopic (exact) mass is 297 g/mol. The number of aromatic nitrogens is 1. The fourth-order valence-corrected chi connectivity index (χ4v) is 1.17. The molecule has 1 atom stereocenters. The first-order valence-corrected chi connectivity index (χ1v) is 4.76. The third kappa shape index (κ3) is 2.50. The van der Waals surface area contributed by atoms with Crippen LogP contribution in [0, 0.1) is 0 Å². The van der Waals surface area contributed by atoms with Gasteiger partial charge in [0.15, 0.2) is 6.10 Å². The zero-order valence-corrected chi connectivity index (χ0v) is 9.09. The Hall–Kier alpha value is -0.000000000000000222. The molecule has 66 valence electrons. The van der Waals surface area contributed by atoms with Gasteiger partial charge in [0.1, 0.15) is 0 Å². The third-order valence-electron chi connectivity index (χ3n) is 1.28. The van der Waals surface area contributed by atoms with Gasteiger partial charge in [-0.1, -0.05) is 6.07 Å². The van der Waals surface area contributed by atoms with Crippen LogP contribution in [0.2, 0.25) is 0 Å². The summed E-state index contributed by atoms with van der Waals surface area (Å²) in [5.41, 5.74) is 0.272. The van der Waals surface area contributed by atoms with E-state index in [4.69, 9.17) is 0 Å². The minimum atomic E-state index is -2.02. The highest BCUT2D eigenvalue weighted by Gasteiger charge is 2.33. The summed E-state index contributed by atoms with van der Waals surface area (Å²) in [5, 5.41) is 9.33. The van der Waals surface area contributed by atoms with Gasteiger partial charge < -0.3 is 5.11 Å². The van der Waals surface area contributed by atoms with E-state index < -0.39 is 9.59 Å². The first kappa shape index (κ1) is 10.1. The molecule has 1 rings (SSSR count). The van der Waals surface area contributed by atoms with Crippen LogP contribution in [-0.2, 0) is 0 Å². The Balaban J connectivity index is 2.86. The van der Waals surface area contributed by atoms with E-state index in [1.807, 2.05) is 0 Å². The molecule has 1 aromatic rings. The predicted molar refractivity (Wildman–Crippen MR) is 50.9 cm³/mol. The minimum Gasteiger partial charge on any atom is -0.382 e. The van der Waals surface area contributed by atoms with Gasteiger partial charge in [0, 0.05) is 6.20 Å². The third-order valence-corrected chi connectivity index (χ3v) is 2.15. The first-order valence-electron chi connectivity index (χ1n) is 3.17. The number of alkyl halides is 3. The van der Waals surface area contributed by atoms with Crippen molar-refractivity contribution in [2.75, 3.05) is 0 Å². The summed E-state index contributed by atoms with van der Waals surface area (Å²) in [5.74, 6) is 0. The number of rotatable bonds is 2. The smallest absolute Gasteiger partial charge is 0.250 e. The summed E-state index contributed by atoms with van der Waals surface area (Å²) in [6.07, 6.45) is 0.170. The Morgan fingerprint density at radius 3 is 2.58 bits per heavy atom. The van der Waals surface area contributed by atoms with Gasteiger partial charge in [-0.3, -0.25) is 4.98 Å². The van der Waals surface area contributed by atoms with Crippen LogP contribution in [0.5, 0.6) is 0 Å². The summed E-state index contributed by atoms with van der Waals surface area (Å²) in [4.78, 5) is 3.80. The molecule has 12 heavy (non-hydrogen) atoms. The molecule has 0 bridgehead atoms. The SMILES string of the molecule is OC(c1ccccn1)C(F)(Br)Br. The zero-order chi connectivity index (χ0) is 9.19. The molecule has 1 unspecified atom stereocenters. The van der Waals surface area contributed by atoms with Gasteiger partial charge in [0.05, 0.1) is 5.69 Å². The van der Waals surface area contributed by atoms with Crippen molar-refractivity contribution in [1.82, 2.24) is 4.98 Å². The molecular weight excluding hydrogens is 293 g/mol. The van der Waals surface area contributed by atoms with Gasteiger partial charge in [-0.05, 0) is 44.0 Å². The Bertz CT molecular complexity index is 249. The van der Waals surface area contributed by atoms with Crippen molar-refractivity contribution >= 4 is 31.9 Å². The molecule has 0 aliphatic rings. The van der Waals surface area contributed by atoms with Crippen molar-refractivity contribution in [2.24, 2.45) is 0 Å². The van der Waals surface area contributed by atoms with Crippen LogP contribution >= 0.6 is 31.9 Å². The average Bonchev–Trinajstić information content (AvgIpc) is 2.03. The molecule has 0 aliphatic heterocycles. The highest BCUT2D eigenvalue weighted by Crippen LogP contribution is 2.39.